The third-order valence-corrected chi connectivity index (χ3v) is 2.19. The van der Waals surface area contributed by atoms with Crippen LogP contribution in [0.25, 0.3) is 0 Å². The van der Waals surface area contributed by atoms with Crippen LogP contribution in [-0.4, -0.2) is 49.6 Å². The molecule has 1 unspecified atom stereocenters. The summed E-state index contributed by atoms with van der Waals surface area (Å²) in [5.41, 5.74) is 0. The van der Waals surface area contributed by atoms with Gasteiger partial charge in [-0.15, -0.1) is 0 Å². The van der Waals surface area contributed by atoms with Gasteiger partial charge in [-0.2, -0.15) is 13.2 Å². The van der Waals surface area contributed by atoms with Gasteiger partial charge in [0.25, 0.3) is 0 Å². The molecule has 3 N–H and O–H groups in total. The first-order valence-corrected chi connectivity index (χ1v) is 5.60. The summed E-state index contributed by atoms with van der Waals surface area (Å²) >= 11 is 0. The summed E-state index contributed by atoms with van der Waals surface area (Å²) in [7, 11) is 0.949. The molecule has 19 heavy (non-hydrogen) atoms. The maximum absolute atomic E-state index is 12.3. The topological polar surface area (TPSA) is 87.7 Å². The number of ether oxygens (including phenoxy) is 1. The molecular formula is C10H17F3N2O4. The summed E-state index contributed by atoms with van der Waals surface area (Å²) < 4.78 is 41.0. The smallest absolute Gasteiger partial charge is 0.414 e. The summed E-state index contributed by atoms with van der Waals surface area (Å²) in [6.07, 6.45) is -6.59. The van der Waals surface area contributed by atoms with Crippen molar-refractivity contribution in [3.05, 3.63) is 0 Å². The Labute approximate surface area is 108 Å². The predicted molar refractivity (Wildman–Crippen MR) is 59.7 cm³/mol. The van der Waals surface area contributed by atoms with Crippen LogP contribution in [0.2, 0.25) is 0 Å². The van der Waals surface area contributed by atoms with Gasteiger partial charge in [0.2, 0.25) is 0 Å². The summed E-state index contributed by atoms with van der Waals surface area (Å²) in [5.74, 6) is -0.977. The molecule has 0 aliphatic carbocycles. The van der Waals surface area contributed by atoms with Crippen LogP contribution in [0.5, 0.6) is 0 Å². The number of carboxylic acids is 1. The molecule has 112 valence electrons. The van der Waals surface area contributed by atoms with E-state index in [0.29, 0.717) is 0 Å². The highest BCUT2D eigenvalue weighted by Crippen LogP contribution is 2.24. The van der Waals surface area contributed by atoms with E-state index in [-0.39, 0.29) is 32.4 Å². The Morgan fingerprint density at radius 3 is 2.32 bits per heavy atom. The first-order chi connectivity index (χ1) is 8.77. The van der Waals surface area contributed by atoms with E-state index in [1.165, 1.54) is 0 Å². The number of urea groups is 1. The number of halogens is 3. The Morgan fingerprint density at radius 2 is 1.84 bits per heavy atom. The van der Waals surface area contributed by atoms with Gasteiger partial charge in [-0.25, -0.2) is 4.79 Å². The fourth-order valence-electron chi connectivity index (χ4n) is 1.24. The Morgan fingerprint density at radius 1 is 1.26 bits per heavy atom. The molecule has 2 amide bonds. The molecule has 0 aliphatic rings. The molecule has 6 nitrogen and oxygen atoms in total. The van der Waals surface area contributed by atoms with E-state index in [1.807, 2.05) is 0 Å². The third-order valence-electron chi connectivity index (χ3n) is 2.19. The standard InChI is InChI=1S/C10H17F3N2O4/c1-19-7(10(11,12)13)4-6-15-9(18)14-5-2-3-8(16)17/h7H,2-6H2,1H3,(H,16,17)(H2,14,15,18). The number of hydrogen-bond donors (Lipinski definition) is 3. The van der Waals surface area contributed by atoms with Gasteiger partial charge in [0.05, 0.1) is 0 Å². The molecule has 0 bridgehead atoms. The lowest BCUT2D eigenvalue weighted by molar-refractivity contribution is -0.213. The Hall–Kier alpha value is -1.51. The lowest BCUT2D eigenvalue weighted by atomic mass is 10.2. The zero-order valence-electron chi connectivity index (χ0n) is 10.4. The van der Waals surface area contributed by atoms with Crippen LogP contribution in [0, 0.1) is 0 Å². The van der Waals surface area contributed by atoms with Crippen molar-refractivity contribution in [3.63, 3.8) is 0 Å². The fourth-order valence-corrected chi connectivity index (χ4v) is 1.24. The van der Waals surface area contributed by atoms with Crippen LogP contribution >= 0.6 is 0 Å². The number of carboxylic acid groups (broad SMARTS) is 1. The molecule has 0 aromatic rings. The number of nitrogens with one attached hydrogen (secondary N) is 2. The van der Waals surface area contributed by atoms with Crippen LogP contribution < -0.4 is 10.6 Å². The lowest BCUT2D eigenvalue weighted by Gasteiger charge is -2.18. The van der Waals surface area contributed by atoms with Gasteiger partial charge in [0.15, 0.2) is 6.10 Å². The van der Waals surface area contributed by atoms with Crippen LogP contribution in [0.4, 0.5) is 18.0 Å². The quantitative estimate of drug-likeness (QED) is 0.583. The average molecular weight is 286 g/mol. The maximum atomic E-state index is 12.3. The van der Waals surface area contributed by atoms with Crippen LogP contribution in [-0.2, 0) is 9.53 Å². The van der Waals surface area contributed by atoms with Gasteiger partial charge < -0.3 is 20.5 Å². The average Bonchev–Trinajstić information content (AvgIpc) is 2.28. The Bertz CT molecular complexity index is 297. The van der Waals surface area contributed by atoms with Crippen LogP contribution in [0.15, 0.2) is 0 Å². The van der Waals surface area contributed by atoms with Crippen molar-refractivity contribution in [1.29, 1.82) is 0 Å². The van der Waals surface area contributed by atoms with E-state index in [0.717, 1.165) is 7.11 Å². The highest BCUT2D eigenvalue weighted by molar-refractivity contribution is 5.73. The number of methoxy groups -OCH3 is 1. The van der Waals surface area contributed by atoms with Gasteiger partial charge >= 0.3 is 18.2 Å². The molecule has 0 saturated heterocycles. The second-order valence-corrected chi connectivity index (χ2v) is 3.73. The minimum Gasteiger partial charge on any atom is -0.481 e. The second-order valence-electron chi connectivity index (χ2n) is 3.73. The van der Waals surface area contributed by atoms with Crippen molar-refractivity contribution in [1.82, 2.24) is 10.6 Å². The first-order valence-electron chi connectivity index (χ1n) is 5.60. The molecule has 0 spiro atoms. The zero-order valence-corrected chi connectivity index (χ0v) is 10.4. The number of alkyl halides is 3. The largest absolute Gasteiger partial charge is 0.481 e. The zero-order chi connectivity index (χ0) is 14.9. The summed E-state index contributed by atoms with van der Waals surface area (Å²) in [5, 5.41) is 12.9. The van der Waals surface area contributed by atoms with E-state index in [2.05, 4.69) is 15.4 Å². The monoisotopic (exact) mass is 286 g/mol. The van der Waals surface area contributed by atoms with E-state index < -0.39 is 24.3 Å². The first kappa shape index (κ1) is 17.5. The number of hydrogen-bond acceptors (Lipinski definition) is 3. The number of aliphatic carboxylic acids is 1. The normalized spacial score (nSPS) is 12.8. The number of carbonyl (C=O) groups is 2. The van der Waals surface area contributed by atoms with E-state index in [1.54, 1.807) is 0 Å². The highest BCUT2D eigenvalue weighted by atomic mass is 19.4. The molecule has 0 radical (unpaired) electrons. The maximum Gasteiger partial charge on any atom is 0.414 e. The molecule has 0 fully saturated rings. The van der Waals surface area contributed by atoms with E-state index >= 15 is 0 Å². The fraction of sp³-hybridized carbons (Fsp3) is 0.800. The molecule has 0 aliphatic heterocycles. The minimum atomic E-state index is -4.46. The van der Waals surface area contributed by atoms with Crippen molar-refractivity contribution in [3.8, 4) is 0 Å². The van der Waals surface area contributed by atoms with E-state index in [9.17, 15) is 22.8 Å². The van der Waals surface area contributed by atoms with Gasteiger partial charge in [-0.3, -0.25) is 4.79 Å². The molecule has 0 rings (SSSR count). The lowest BCUT2D eigenvalue weighted by Crippen LogP contribution is -2.40. The molecule has 9 heteroatoms. The minimum absolute atomic E-state index is 0.0832. The van der Waals surface area contributed by atoms with Gasteiger partial charge in [0.1, 0.15) is 0 Å². The van der Waals surface area contributed by atoms with Crippen molar-refractivity contribution in [2.75, 3.05) is 20.2 Å². The molecule has 0 aromatic heterocycles. The van der Waals surface area contributed by atoms with Gasteiger partial charge in [-0.05, 0) is 12.8 Å². The van der Waals surface area contributed by atoms with E-state index in [4.69, 9.17) is 5.11 Å². The van der Waals surface area contributed by atoms with Crippen LogP contribution in [0.3, 0.4) is 0 Å². The molecule has 0 heterocycles. The molecule has 1 atom stereocenters. The highest BCUT2D eigenvalue weighted by Gasteiger charge is 2.39. The third kappa shape index (κ3) is 9.11. The summed E-state index contributed by atoms with van der Waals surface area (Å²) in [4.78, 5) is 21.3. The Kier molecular flexibility index (Phi) is 7.89. The Balaban J connectivity index is 3.70. The van der Waals surface area contributed by atoms with Crippen LogP contribution in [0.1, 0.15) is 19.3 Å². The van der Waals surface area contributed by atoms with Crippen molar-refractivity contribution in [2.45, 2.75) is 31.5 Å². The predicted octanol–water partition coefficient (Wildman–Crippen LogP) is 1.12. The second kappa shape index (κ2) is 8.57. The van der Waals surface area contributed by atoms with Crippen molar-refractivity contribution in [2.24, 2.45) is 0 Å². The van der Waals surface area contributed by atoms with Gasteiger partial charge in [0, 0.05) is 26.6 Å². The number of rotatable bonds is 8. The van der Waals surface area contributed by atoms with Gasteiger partial charge in [-0.1, -0.05) is 0 Å². The summed E-state index contributed by atoms with van der Waals surface area (Å²) in [6.45, 7) is -0.0477. The molecular weight excluding hydrogens is 269 g/mol. The number of carbonyl (C=O) groups excluding carboxylic acids is 1. The number of amides is 2. The van der Waals surface area contributed by atoms with Crippen molar-refractivity contribution < 1.29 is 32.6 Å². The molecule has 0 aromatic carbocycles. The SMILES string of the molecule is COC(CCNC(=O)NCCCC(=O)O)C(F)(F)F. The summed E-state index contributed by atoms with van der Waals surface area (Å²) in [6, 6.07) is -0.637. The van der Waals surface area contributed by atoms with Crippen molar-refractivity contribution >= 4 is 12.0 Å². The molecule has 0 saturated carbocycles.